The number of benzene rings is 1. The second-order valence-corrected chi connectivity index (χ2v) is 8.67. The minimum absolute atomic E-state index is 0.0589. The summed E-state index contributed by atoms with van der Waals surface area (Å²) in [5.41, 5.74) is 1.71. The van der Waals surface area contributed by atoms with Crippen molar-refractivity contribution in [2.45, 2.75) is 32.5 Å². The summed E-state index contributed by atoms with van der Waals surface area (Å²) >= 11 is 2.62. The first-order valence-electron chi connectivity index (χ1n) is 8.87. The van der Waals surface area contributed by atoms with Gasteiger partial charge in [0.05, 0.1) is 11.3 Å². The van der Waals surface area contributed by atoms with Gasteiger partial charge in [0.25, 0.3) is 5.56 Å². The lowest BCUT2D eigenvalue weighted by molar-refractivity contribution is -0.113. The van der Waals surface area contributed by atoms with Crippen LogP contribution in [0.2, 0.25) is 0 Å². The van der Waals surface area contributed by atoms with Gasteiger partial charge in [-0.3, -0.25) is 19.0 Å². The van der Waals surface area contributed by atoms with Crippen LogP contribution in [0.5, 0.6) is 0 Å². The fourth-order valence-corrected chi connectivity index (χ4v) is 4.29. The number of amides is 1. The van der Waals surface area contributed by atoms with Crippen molar-refractivity contribution in [1.29, 1.82) is 0 Å². The zero-order valence-electron chi connectivity index (χ0n) is 15.9. The number of aromatic nitrogens is 2. The normalized spacial score (nSPS) is 11.1. The third-order valence-electron chi connectivity index (χ3n) is 3.96. The first-order valence-corrected chi connectivity index (χ1v) is 10.7. The summed E-state index contributed by atoms with van der Waals surface area (Å²) in [4.78, 5) is 41.2. The standard InChI is InChI=1S/C20H21N3O3S2/c1-12(2)10-23-19(26)18-16(7-8-27-18)22-20(23)28-11-17(25)21-15-6-4-5-14(9-15)13(3)24/h4-9,12H,10-11H2,1-3H3,(H,21,25). The van der Waals surface area contributed by atoms with Crippen LogP contribution >= 0.6 is 23.1 Å². The van der Waals surface area contributed by atoms with E-state index in [4.69, 9.17) is 0 Å². The van der Waals surface area contributed by atoms with Crippen molar-refractivity contribution >= 4 is 50.7 Å². The Morgan fingerprint density at radius 2 is 2.07 bits per heavy atom. The Balaban J connectivity index is 1.77. The molecule has 2 aromatic heterocycles. The topological polar surface area (TPSA) is 81.1 Å². The molecule has 3 aromatic rings. The van der Waals surface area contributed by atoms with E-state index in [1.807, 2.05) is 25.3 Å². The fraction of sp³-hybridized carbons (Fsp3) is 0.300. The summed E-state index contributed by atoms with van der Waals surface area (Å²) in [5.74, 6) is 0.113. The van der Waals surface area contributed by atoms with Gasteiger partial charge in [0.15, 0.2) is 10.9 Å². The number of rotatable bonds is 7. The smallest absolute Gasteiger partial charge is 0.272 e. The van der Waals surface area contributed by atoms with E-state index in [2.05, 4.69) is 10.3 Å². The van der Waals surface area contributed by atoms with Gasteiger partial charge in [-0.25, -0.2) is 4.98 Å². The van der Waals surface area contributed by atoms with E-state index in [1.54, 1.807) is 28.8 Å². The number of thioether (sulfide) groups is 1. The molecule has 0 saturated carbocycles. The van der Waals surface area contributed by atoms with Crippen molar-refractivity contribution < 1.29 is 9.59 Å². The highest BCUT2D eigenvalue weighted by Crippen LogP contribution is 2.22. The lowest BCUT2D eigenvalue weighted by Gasteiger charge is -2.14. The predicted octanol–water partition coefficient (Wildman–Crippen LogP) is 4.05. The lowest BCUT2D eigenvalue weighted by atomic mass is 10.1. The highest BCUT2D eigenvalue weighted by molar-refractivity contribution is 7.99. The third kappa shape index (κ3) is 4.69. The number of fused-ring (bicyclic) bond motifs is 1. The number of nitrogens with one attached hydrogen (secondary N) is 1. The molecule has 0 fully saturated rings. The predicted molar refractivity (Wildman–Crippen MR) is 115 cm³/mol. The number of thiophene rings is 1. The van der Waals surface area contributed by atoms with Gasteiger partial charge >= 0.3 is 0 Å². The number of anilines is 1. The molecule has 0 atom stereocenters. The molecular formula is C20H21N3O3S2. The van der Waals surface area contributed by atoms with E-state index >= 15 is 0 Å². The van der Waals surface area contributed by atoms with Crippen LogP contribution in [0, 0.1) is 5.92 Å². The molecule has 1 aromatic carbocycles. The van der Waals surface area contributed by atoms with Crippen LogP contribution < -0.4 is 10.9 Å². The van der Waals surface area contributed by atoms with E-state index in [0.29, 0.717) is 33.2 Å². The molecule has 0 aliphatic carbocycles. The van der Waals surface area contributed by atoms with Crippen molar-refractivity contribution in [3.8, 4) is 0 Å². The van der Waals surface area contributed by atoms with Crippen LogP contribution in [0.15, 0.2) is 45.7 Å². The van der Waals surface area contributed by atoms with Crippen LogP contribution in [-0.2, 0) is 11.3 Å². The molecule has 0 saturated heterocycles. The highest BCUT2D eigenvalue weighted by Gasteiger charge is 2.15. The Labute approximate surface area is 171 Å². The number of nitrogens with zero attached hydrogens (tertiary/aromatic N) is 2. The summed E-state index contributed by atoms with van der Waals surface area (Å²) in [6.45, 7) is 6.10. The molecule has 1 amide bonds. The number of hydrogen-bond donors (Lipinski definition) is 1. The summed E-state index contributed by atoms with van der Waals surface area (Å²) in [6, 6.07) is 8.64. The van der Waals surface area contributed by atoms with Gasteiger partial charge in [-0.1, -0.05) is 37.7 Å². The first kappa shape index (κ1) is 20.3. The number of Topliss-reactive ketones (excluding diaryl/α,β-unsaturated/α-hetero) is 1. The Bertz CT molecular complexity index is 1090. The van der Waals surface area contributed by atoms with E-state index in [0.717, 1.165) is 0 Å². The molecular weight excluding hydrogens is 394 g/mol. The van der Waals surface area contributed by atoms with Gasteiger partial charge in [0, 0.05) is 17.8 Å². The zero-order valence-corrected chi connectivity index (χ0v) is 17.5. The average molecular weight is 416 g/mol. The fourth-order valence-electron chi connectivity index (χ4n) is 2.70. The van der Waals surface area contributed by atoms with E-state index in [-0.39, 0.29) is 28.9 Å². The van der Waals surface area contributed by atoms with E-state index in [9.17, 15) is 14.4 Å². The molecule has 2 heterocycles. The summed E-state index contributed by atoms with van der Waals surface area (Å²) in [6.07, 6.45) is 0. The Hall–Kier alpha value is -2.45. The Morgan fingerprint density at radius 3 is 2.79 bits per heavy atom. The second kappa shape index (κ2) is 8.70. The van der Waals surface area contributed by atoms with Gasteiger partial charge in [0.2, 0.25) is 5.91 Å². The summed E-state index contributed by atoms with van der Waals surface area (Å²) in [7, 11) is 0. The summed E-state index contributed by atoms with van der Waals surface area (Å²) < 4.78 is 2.29. The Morgan fingerprint density at radius 1 is 1.29 bits per heavy atom. The van der Waals surface area contributed by atoms with Crippen molar-refractivity contribution in [3.63, 3.8) is 0 Å². The van der Waals surface area contributed by atoms with Gasteiger partial charge < -0.3 is 5.32 Å². The SMILES string of the molecule is CC(=O)c1cccc(NC(=O)CSc2nc3ccsc3c(=O)n2CC(C)C)c1. The van der Waals surface area contributed by atoms with E-state index in [1.165, 1.54) is 30.0 Å². The molecule has 8 heteroatoms. The molecule has 0 aliphatic heterocycles. The number of hydrogen-bond acceptors (Lipinski definition) is 6. The number of carbonyl (C=O) groups is 2. The first-order chi connectivity index (χ1) is 13.3. The van der Waals surface area contributed by atoms with Gasteiger partial charge in [-0.15, -0.1) is 11.3 Å². The molecule has 3 rings (SSSR count). The largest absolute Gasteiger partial charge is 0.325 e. The van der Waals surface area contributed by atoms with Gasteiger partial charge in [-0.2, -0.15) is 0 Å². The number of ketones is 1. The van der Waals surface area contributed by atoms with Crippen LogP contribution in [0.25, 0.3) is 10.2 Å². The summed E-state index contributed by atoms with van der Waals surface area (Å²) in [5, 5.41) is 5.18. The van der Waals surface area contributed by atoms with E-state index < -0.39 is 0 Å². The zero-order chi connectivity index (χ0) is 20.3. The average Bonchev–Trinajstić information content (AvgIpc) is 3.11. The third-order valence-corrected chi connectivity index (χ3v) is 5.83. The van der Waals surface area contributed by atoms with Crippen molar-refractivity contribution in [2.75, 3.05) is 11.1 Å². The molecule has 6 nitrogen and oxygen atoms in total. The molecule has 0 aliphatic rings. The number of carbonyl (C=O) groups excluding carboxylic acids is 2. The minimum Gasteiger partial charge on any atom is -0.325 e. The van der Waals surface area contributed by atoms with Gasteiger partial charge in [0.1, 0.15) is 4.70 Å². The lowest BCUT2D eigenvalue weighted by Crippen LogP contribution is -2.25. The molecule has 28 heavy (non-hydrogen) atoms. The maximum atomic E-state index is 12.8. The monoisotopic (exact) mass is 415 g/mol. The Kier molecular flexibility index (Phi) is 6.31. The second-order valence-electron chi connectivity index (χ2n) is 6.81. The van der Waals surface area contributed by atoms with Crippen LogP contribution in [0.3, 0.4) is 0 Å². The maximum absolute atomic E-state index is 12.8. The van der Waals surface area contributed by atoms with Crippen LogP contribution in [0.4, 0.5) is 5.69 Å². The quantitative estimate of drug-likeness (QED) is 0.358. The molecule has 1 N–H and O–H groups in total. The molecule has 0 radical (unpaired) electrons. The van der Waals surface area contributed by atoms with Crippen LogP contribution in [0.1, 0.15) is 31.1 Å². The van der Waals surface area contributed by atoms with Crippen molar-refractivity contribution in [2.24, 2.45) is 5.92 Å². The molecule has 0 spiro atoms. The van der Waals surface area contributed by atoms with Crippen molar-refractivity contribution in [3.05, 3.63) is 51.6 Å². The molecule has 146 valence electrons. The van der Waals surface area contributed by atoms with Crippen molar-refractivity contribution in [1.82, 2.24) is 9.55 Å². The highest BCUT2D eigenvalue weighted by atomic mass is 32.2. The molecule has 0 unspecified atom stereocenters. The minimum atomic E-state index is -0.221. The van der Waals surface area contributed by atoms with Crippen LogP contribution in [-0.4, -0.2) is 27.0 Å². The van der Waals surface area contributed by atoms with Gasteiger partial charge in [-0.05, 0) is 36.4 Å². The molecule has 0 bridgehead atoms. The maximum Gasteiger partial charge on any atom is 0.272 e.